The molecule has 41 heavy (non-hydrogen) atoms. The lowest BCUT2D eigenvalue weighted by atomic mass is 9.97. The molecule has 226 valence electrons. The smallest absolute Gasteiger partial charge is 0.404 e. The highest BCUT2D eigenvalue weighted by atomic mass is 32.2. The highest BCUT2D eigenvalue weighted by Crippen LogP contribution is 2.36. The van der Waals surface area contributed by atoms with Gasteiger partial charge in [0.05, 0.1) is 17.9 Å². The van der Waals surface area contributed by atoms with E-state index in [0.717, 1.165) is 43.1 Å². The van der Waals surface area contributed by atoms with Crippen LogP contribution in [0.3, 0.4) is 0 Å². The van der Waals surface area contributed by atoms with Gasteiger partial charge in [0, 0.05) is 62.3 Å². The zero-order valence-corrected chi connectivity index (χ0v) is 24.9. The number of fused-ring (bicyclic) bond motifs is 3. The molecule has 2 N–H and O–H groups in total. The fourth-order valence-electron chi connectivity index (χ4n) is 6.83. The van der Waals surface area contributed by atoms with Gasteiger partial charge in [-0.25, -0.2) is 13.2 Å². The van der Waals surface area contributed by atoms with Crippen molar-refractivity contribution in [3.8, 4) is 5.75 Å². The number of piperazine rings is 1. The molecule has 4 heterocycles. The van der Waals surface area contributed by atoms with Crippen LogP contribution in [0.2, 0.25) is 0 Å². The Balaban J connectivity index is 1.12. The zero-order chi connectivity index (χ0) is 29.1. The molecule has 0 saturated carbocycles. The maximum absolute atomic E-state index is 13.1. The van der Waals surface area contributed by atoms with Gasteiger partial charge in [-0.2, -0.15) is 4.31 Å². The van der Waals surface area contributed by atoms with Crippen molar-refractivity contribution < 1.29 is 23.1 Å². The quantitative estimate of drug-likeness (QED) is 0.431. The molecular weight excluding hydrogens is 546 g/mol. The Morgan fingerprint density at radius 1 is 1.07 bits per heavy atom. The van der Waals surface area contributed by atoms with Crippen molar-refractivity contribution in [3.63, 3.8) is 0 Å². The van der Waals surface area contributed by atoms with Crippen LogP contribution in [0.4, 0.5) is 4.79 Å². The molecule has 0 aliphatic carbocycles. The van der Waals surface area contributed by atoms with Crippen LogP contribution < -0.4 is 15.6 Å². The van der Waals surface area contributed by atoms with Crippen LogP contribution in [0.5, 0.6) is 5.75 Å². The number of amides is 1. The molecule has 3 aliphatic heterocycles. The molecule has 1 aromatic carbocycles. The summed E-state index contributed by atoms with van der Waals surface area (Å²) < 4.78 is 34.6. The van der Waals surface area contributed by atoms with Gasteiger partial charge in [-0.1, -0.05) is 18.2 Å². The van der Waals surface area contributed by atoms with E-state index in [9.17, 15) is 18.0 Å². The molecule has 1 unspecified atom stereocenters. The molecule has 2 aromatic rings. The zero-order valence-electron chi connectivity index (χ0n) is 24.1. The molecule has 3 saturated heterocycles. The Morgan fingerprint density at radius 2 is 1.76 bits per heavy atom. The summed E-state index contributed by atoms with van der Waals surface area (Å²) in [7, 11) is -3.30. The van der Waals surface area contributed by atoms with Crippen LogP contribution in [0.1, 0.15) is 52.0 Å². The minimum atomic E-state index is -3.30. The molecule has 5 rings (SSSR count). The summed E-state index contributed by atoms with van der Waals surface area (Å²) in [6, 6.07) is 9.64. The number of carbonyl (C=O) groups excluding carboxylic acids is 1. The average molecular weight is 590 g/mol. The largest absolute Gasteiger partial charge is 0.413 e. The van der Waals surface area contributed by atoms with Gasteiger partial charge in [0.15, 0.2) is 5.75 Å². The SMILES string of the molecule is CC(C)n1c(=O)c(OC(=O)NC2C[C@H]3CC[C@@H](C2)N3CCCS(=O)(=O)N2CCN(CCO)CC2)cc2ccccc21. The molecule has 2 bridgehead atoms. The number of aliphatic hydroxyl groups excluding tert-OH is 1. The standard InChI is InChI=1S/C29H43N5O6S/c1-21(2)34-26-7-4-3-6-22(26)18-27(28(34)36)40-29(37)30-23-19-24-8-9-25(20-23)33(24)10-5-17-41(38,39)32-13-11-31(12-14-32)15-16-35/h3-4,6-7,18,21,23-25,35H,5,8-17,19-20H2,1-2H3,(H,30,37)/t23?,24-,25+. The fourth-order valence-corrected chi connectivity index (χ4v) is 8.30. The molecule has 1 amide bonds. The highest BCUT2D eigenvalue weighted by Gasteiger charge is 2.41. The second kappa shape index (κ2) is 12.8. The van der Waals surface area contributed by atoms with E-state index in [1.54, 1.807) is 14.9 Å². The number of sulfonamides is 1. The van der Waals surface area contributed by atoms with E-state index in [4.69, 9.17) is 9.84 Å². The molecule has 0 spiro atoms. The van der Waals surface area contributed by atoms with E-state index in [1.807, 2.05) is 38.1 Å². The number of ether oxygens (including phenoxy) is 1. The molecule has 3 atom stereocenters. The Kier molecular flexibility index (Phi) is 9.34. The number of aliphatic hydroxyl groups is 1. The van der Waals surface area contributed by atoms with Crippen molar-refractivity contribution in [2.45, 2.75) is 70.1 Å². The van der Waals surface area contributed by atoms with Crippen LogP contribution in [0, 0.1) is 0 Å². The maximum Gasteiger partial charge on any atom is 0.413 e. The van der Waals surface area contributed by atoms with Gasteiger partial charge in [0.25, 0.3) is 5.56 Å². The second-order valence-electron chi connectivity index (χ2n) is 11.8. The summed E-state index contributed by atoms with van der Waals surface area (Å²) in [6.45, 7) is 7.52. The molecule has 3 aliphatic rings. The summed E-state index contributed by atoms with van der Waals surface area (Å²) in [4.78, 5) is 30.5. The lowest BCUT2D eigenvalue weighted by Crippen LogP contribution is -2.52. The van der Waals surface area contributed by atoms with Crippen LogP contribution in [0.25, 0.3) is 10.9 Å². The van der Waals surface area contributed by atoms with Gasteiger partial charge in [0.2, 0.25) is 10.0 Å². The normalized spacial score (nSPS) is 24.2. The lowest BCUT2D eigenvalue weighted by Gasteiger charge is -2.39. The maximum atomic E-state index is 13.1. The van der Waals surface area contributed by atoms with Gasteiger partial charge in [0.1, 0.15) is 0 Å². The first-order valence-corrected chi connectivity index (χ1v) is 16.5. The first kappa shape index (κ1) is 30.0. The van der Waals surface area contributed by atoms with Gasteiger partial charge in [-0.3, -0.25) is 14.6 Å². The van der Waals surface area contributed by atoms with Crippen LogP contribution in [-0.4, -0.2) is 108 Å². The van der Waals surface area contributed by atoms with Crippen molar-refractivity contribution >= 4 is 27.0 Å². The van der Waals surface area contributed by atoms with Crippen molar-refractivity contribution in [1.82, 2.24) is 24.0 Å². The third-order valence-corrected chi connectivity index (χ3v) is 10.8. The summed E-state index contributed by atoms with van der Waals surface area (Å²) in [5, 5.41) is 12.9. The monoisotopic (exact) mass is 589 g/mol. The molecule has 11 nitrogen and oxygen atoms in total. The summed E-state index contributed by atoms with van der Waals surface area (Å²) >= 11 is 0. The molecule has 0 radical (unpaired) electrons. The van der Waals surface area contributed by atoms with Crippen LogP contribution in [0.15, 0.2) is 35.1 Å². The first-order valence-electron chi connectivity index (χ1n) is 14.9. The number of hydrogen-bond donors (Lipinski definition) is 2. The number of β-amino-alcohol motifs (C(OH)–C–C–N with tert-alkyl or cyclic N) is 1. The average Bonchev–Trinajstić information content (AvgIpc) is 3.16. The van der Waals surface area contributed by atoms with E-state index >= 15 is 0 Å². The first-order chi connectivity index (χ1) is 19.7. The number of nitrogens with zero attached hydrogens (tertiary/aromatic N) is 4. The van der Waals surface area contributed by atoms with Crippen molar-refractivity contribution in [2.75, 3.05) is 51.6 Å². The Morgan fingerprint density at radius 3 is 2.41 bits per heavy atom. The predicted molar refractivity (Wildman–Crippen MR) is 158 cm³/mol. The number of hydrogen-bond acceptors (Lipinski definition) is 8. The van der Waals surface area contributed by atoms with Gasteiger partial charge in [-0.05, 0) is 64.6 Å². The molecular formula is C29H43N5O6S. The number of nitrogens with one attached hydrogen (secondary N) is 1. The number of aromatic nitrogens is 1. The van der Waals surface area contributed by atoms with Crippen molar-refractivity contribution in [1.29, 1.82) is 0 Å². The summed E-state index contributed by atoms with van der Waals surface area (Å²) in [6.07, 6.45) is 3.58. The second-order valence-corrected chi connectivity index (χ2v) is 13.9. The number of piperidine rings is 1. The van der Waals surface area contributed by atoms with E-state index < -0.39 is 16.1 Å². The van der Waals surface area contributed by atoms with Crippen molar-refractivity contribution in [2.24, 2.45) is 0 Å². The number of rotatable bonds is 10. The minimum absolute atomic E-state index is 0.0197. The number of carbonyl (C=O) groups is 1. The molecule has 3 fully saturated rings. The lowest BCUT2D eigenvalue weighted by molar-refractivity contribution is 0.114. The van der Waals surface area contributed by atoms with E-state index in [1.165, 1.54) is 0 Å². The fraction of sp³-hybridized carbons (Fsp3) is 0.655. The van der Waals surface area contributed by atoms with E-state index in [0.29, 0.717) is 51.2 Å². The molecule has 1 aromatic heterocycles. The Hall–Kier alpha value is -2.51. The topological polar surface area (TPSA) is 124 Å². The summed E-state index contributed by atoms with van der Waals surface area (Å²) in [5.41, 5.74) is 0.475. The van der Waals surface area contributed by atoms with E-state index in [-0.39, 0.29) is 35.8 Å². The van der Waals surface area contributed by atoms with Gasteiger partial charge in [-0.15, -0.1) is 0 Å². The third-order valence-electron chi connectivity index (χ3n) is 8.80. The number of pyridine rings is 1. The Bertz CT molecular complexity index is 1370. The van der Waals surface area contributed by atoms with Gasteiger partial charge < -0.3 is 19.7 Å². The summed E-state index contributed by atoms with van der Waals surface area (Å²) in [5.74, 6) is 0.155. The van der Waals surface area contributed by atoms with E-state index in [2.05, 4.69) is 15.1 Å². The minimum Gasteiger partial charge on any atom is -0.404 e. The number of benzene rings is 1. The van der Waals surface area contributed by atoms with Crippen LogP contribution >= 0.6 is 0 Å². The molecule has 12 heteroatoms. The van der Waals surface area contributed by atoms with Crippen LogP contribution in [-0.2, 0) is 10.0 Å². The Labute approximate surface area is 242 Å². The number of para-hydroxylation sites is 1. The van der Waals surface area contributed by atoms with Gasteiger partial charge >= 0.3 is 6.09 Å². The highest BCUT2D eigenvalue weighted by molar-refractivity contribution is 7.89. The third kappa shape index (κ3) is 6.77. The van der Waals surface area contributed by atoms with Crippen molar-refractivity contribution in [3.05, 3.63) is 40.7 Å². The predicted octanol–water partition coefficient (Wildman–Crippen LogP) is 2.00.